The predicted octanol–water partition coefficient (Wildman–Crippen LogP) is 9.47. The van der Waals surface area contributed by atoms with Crippen LogP contribution in [0.2, 0.25) is 0 Å². The van der Waals surface area contributed by atoms with Crippen molar-refractivity contribution in [1.82, 2.24) is 19.7 Å². The second kappa shape index (κ2) is 13.8. The van der Waals surface area contributed by atoms with Crippen molar-refractivity contribution >= 4 is 11.5 Å². The average molecular weight is 658 g/mol. The summed E-state index contributed by atoms with van der Waals surface area (Å²) in [6.07, 6.45) is 0.947. The van der Waals surface area contributed by atoms with E-state index in [9.17, 15) is 26.3 Å². The Labute approximate surface area is 270 Å². The normalized spacial score (nSPS) is 14.4. The number of aromatic nitrogens is 4. The van der Waals surface area contributed by atoms with Crippen LogP contribution < -0.4 is 9.64 Å². The third-order valence-electron chi connectivity index (χ3n) is 8.41. The maximum atomic E-state index is 13.8. The fourth-order valence-electron chi connectivity index (χ4n) is 5.93. The summed E-state index contributed by atoms with van der Waals surface area (Å²) in [5.41, 5.74) is 2.73. The molecule has 2 heterocycles. The molecule has 0 radical (unpaired) electrons. The van der Waals surface area contributed by atoms with Gasteiger partial charge in [-0.1, -0.05) is 26.3 Å². The molecule has 250 valence electrons. The molecule has 1 aliphatic carbocycles. The average Bonchev–Trinajstić information content (AvgIpc) is 3.33. The van der Waals surface area contributed by atoms with E-state index >= 15 is 0 Å². The number of ether oxygens (including phenoxy) is 1. The summed E-state index contributed by atoms with van der Waals surface area (Å²) in [4.78, 5) is 10.7. The Hall–Kier alpha value is -4.35. The first-order valence-electron chi connectivity index (χ1n) is 15.5. The number of anilines is 1. The molecule has 6 nitrogen and oxygen atoms in total. The molecule has 12 heteroatoms. The first-order valence-corrected chi connectivity index (χ1v) is 15.5. The molecule has 2 aromatic heterocycles. The highest BCUT2D eigenvalue weighted by Gasteiger charge is 2.37. The molecule has 0 saturated heterocycles. The number of halogens is 6. The SMILES string of the molecule is COc1ccc(C(C)C)cc1C1=C(CN(Cc2cc(C(F)(F)F)cc(C(F)(F)F)c2)c2ncc(-c3cnn(C)c3)cn2)CCCCC1. The van der Waals surface area contributed by atoms with Crippen molar-refractivity contribution in [2.45, 2.75) is 70.8 Å². The lowest BCUT2D eigenvalue weighted by Gasteiger charge is -2.27. The molecule has 0 fully saturated rings. The van der Waals surface area contributed by atoms with Gasteiger partial charge in [-0.25, -0.2) is 9.97 Å². The lowest BCUT2D eigenvalue weighted by molar-refractivity contribution is -0.143. The monoisotopic (exact) mass is 657 g/mol. The molecule has 0 bridgehead atoms. The first kappa shape index (κ1) is 34.0. The molecule has 5 rings (SSSR count). The van der Waals surface area contributed by atoms with Crippen molar-refractivity contribution in [2.24, 2.45) is 7.05 Å². The van der Waals surface area contributed by atoms with Crippen molar-refractivity contribution in [1.29, 1.82) is 0 Å². The van der Waals surface area contributed by atoms with Crippen LogP contribution >= 0.6 is 0 Å². The Morgan fingerprint density at radius 3 is 2.06 bits per heavy atom. The lowest BCUT2D eigenvalue weighted by atomic mass is 9.91. The van der Waals surface area contributed by atoms with E-state index < -0.39 is 23.5 Å². The Bertz CT molecular complexity index is 1690. The maximum Gasteiger partial charge on any atom is 0.416 e. The highest BCUT2D eigenvalue weighted by Crippen LogP contribution is 2.40. The van der Waals surface area contributed by atoms with Crippen molar-refractivity contribution < 1.29 is 31.1 Å². The smallest absolute Gasteiger partial charge is 0.416 e. The van der Waals surface area contributed by atoms with Gasteiger partial charge >= 0.3 is 12.4 Å². The minimum Gasteiger partial charge on any atom is -0.496 e. The highest BCUT2D eigenvalue weighted by atomic mass is 19.4. The van der Waals surface area contributed by atoms with Crippen LogP contribution in [0.25, 0.3) is 16.7 Å². The van der Waals surface area contributed by atoms with E-state index in [0.717, 1.165) is 65.7 Å². The van der Waals surface area contributed by atoms with E-state index in [2.05, 4.69) is 35.0 Å². The largest absolute Gasteiger partial charge is 0.496 e. The van der Waals surface area contributed by atoms with E-state index in [4.69, 9.17) is 4.74 Å². The molecule has 4 aromatic rings. The summed E-state index contributed by atoms with van der Waals surface area (Å²) in [6, 6.07) is 7.77. The molecule has 0 unspecified atom stereocenters. The van der Waals surface area contributed by atoms with Crippen molar-refractivity contribution in [3.05, 3.63) is 94.6 Å². The summed E-state index contributed by atoms with van der Waals surface area (Å²) >= 11 is 0. The summed E-state index contributed by atoms with van der Waals surface area (Å²) in [7, 11) is 3.38. The van der Waals surface area contributed by atoms with Crippen molar-refractivity contribution in [2.75, 3.05) is 18.6 Å². The lowest BCUT2D eigenvalue weighted by Crippen LogP contribution is -2.28. The van der Waals surface area contributed by atoms with E-state index in [1.54, 1.807) is 48.5 Å². The minimum atomic E-state index is -4.96. The van der Waals surface area contributed by atoms with Crippen molar-refractivity contribution in [3.8, 4) is 16.9 Å². The van der Waals surface area contributed by atoms with Gasteiger partial charge in [0.25, 0.3) is 0 Å². The van der Waals surface area contributed by atoms with Gasteiger partial charge in [0.2, 0.25) is 5.95 Å². The molecule has 0 amide bonds. The van der Waals surface area contributed by atoms with E-state index in [-0.39, 0.29) is 36.6 Å². The van der Waals surface area contributed by atoms with Gasteiger partial charge in [-0.2, -0.15) is 31.4 Å². The number of benzene rings is 2. The van der Waals surface area contributed by atoms with Gasteiger partial charge in [0, 0.05) is 55.4 Å². The Kier molecular flexibility index (Phi) is 9.97. The Balaban J connectivity index is 1.62. The van der Waals surface area contributed by atoms with Crippen LogP contribution in [-0.4, -0.2) is 33.4 Å². The number of methoxy groups -OCH3 is 1. The van der Waals surface area contributed by atoms with Gasteiger partial charge in [-0.05, 0) is 84.2 Å². The van der Waals surface area contributed by atoms with Gasteiger partial charge in [-0.3, -0.25) is 4.68 Å². The Morgan fingerprint density at radius 2 is 1.49 bits per heavy atom. The van der Waals surface area contributed by atoms with E-state index in [1.165, 1.54) is 0 Å². The summed E-state index contributed by atoms with van der Waals surface area (Å²) in [5.74, 6) is 1.16. The molecule has 1 aliphatic rings. The third-order valence-corrected chi connectivity index (χ3v) is 8.41. The second-order valence-corrected chi connectivity index (χ2v) is 12.2. The number of hydrogen-bond acceptors (Lipinski definition) is 5. The van der Waals surface area contributed by atoms with Crippen LogP contribution in [0.3, 0.4) is 0 Å². The van der Waals surface area contributed by atoms with Crippen LogP contribution in [0.15, 0.2) is 66.8 Å². The van der Waals surface area contributed by atoms with Gasteiger partial charge < -0.3 is 9.64 Å². The van der Waals surface area contributed by atoms with E-state index in [1.807, 2.05) is 12.1 Å². The van der Waals surface area contributed by atoms with Crippen LogP contribution in [0.4, 0.5) is 32.3 Å². The van der Waals surface area contributed by atoms with Crippen LogP contribution in [0.1, 0.15) is 79.7 Å². The minimum absolute atomic E-state index is 0.146. The molecular formula is C35H37F6N5O. The molecule has 0 N–H and O–H groups in total. The summed E-state index contributed by atoms with van der Waals surface area (Å²) in [6.45, 7) is 4.13. The van der Waals surface area contributed by atoms with Gasteiger partial charge in [0.15, 0.2) is 0 Å². The quantitative estimate of drug-likeness (QED) is 0.168. The number of aryl methyl sites for hydroxylation is 1. The highest BCUT2D eigenvalue weighted by molar-refractivity contribution is 5.75. The summed E-state index contributed by atoms with van der Waals surface area (Å²) < 4.78 is 90.1. The zero-order valence-corrected chi connectivity index (χ0v) is 26.7. The van der Waals surface area contributed by atoms with Crippen LogP contribution in [0.5, 0.6) is 5.75 Å². The number of alkyl halides is 6. The fraction of sp³-hybridized carbons (Fsp3) is 0.400. The van der Waals surface area contributed by atoms with Gasteiger partial charge in [0.05, 0.1) is 24.4 Å². The second-order valence-electron chi connectivity index (χ2n) is 12.2. The number of rotatable bonds is 9. The van der Waals surface area contributed by atoms with Crippen LogP contribution in [0, 0.1) is 0 Å². The molecule has 0 atom stereocenters. The van der Waals surface area contributed by atoms with Gasteiger partial charge in [0.1, 0.15) is 5.75 Å². The standard InChI is InChI=1S/C35H37F6N5O/c1-22(2)24-10-11-32(47-4)31(14-24)30-9-7-5-6-8-25(30)21-46(33-42-16-26(17-43-33)27-18-44-45(3)20-27)19-23-12-28(34(36,37)38)15-29(13-23)35(39,40)41/h10-18,20,22H,5-9,19,21H2,1-4H3. The maximum absolute atomic E-state index is 13.8. The first-order chi connectivity index (χ1) is 22.2. The summed E-state index contributed by atoms with van der Waals surface area (Å²) in [5, 5.41) is 4.17. The number of hydrogen-bond donors (Lipinski definition) is 0. The van der Waals surface area contributed by atoms with E-state index in [0.29, 0.717) is 17.7 Å². The zero-order valence-electron chi connectivity index (χ0n) is 26.7. The predicted molar refractivity (Wildman–Crippen MR) is 169 cm³/mol. The van der Waals surface area contributed by atoms with Crippen molar-refractivity contribution in [3.63, 3.8) is 0 Å². The van der Waals surface area contributed by atoms with Gasteiger partial charge in [-0.15, -0.1) is 0 Å². The topological polar surface area (TPSA) is 56.1 Å². The number of allylic oxidation sites excluding steroid dienone is 1. The third kappa shape index (κ3) is 8.15. The van der Waals surface area contributed by atoms with Crippen LogP contribution in [-0.2, 0) is 25.9 Å². The molecular weight excluding hydrogens is 620 g/mol. The molecule has 2 aromatic carbocycles. The Morgan fingerprint density at radius 1 is 0.830 bits per heavy atom. The molecule has 0 saturated carbocycles. The zero-order chi connectivity index (χ0) is 33.9. The molecule has 47 heavy (non-hydrogen) atoms. The molecule has 0 spiro atoms. The fourth-order valence-corrected chi connectivity index (χ4v) is 5.93. The number of nitrogens with zero attached hydrogens (tertiary/aromatic N) is 5. The molecule has 0 aliphatic heterocycles.